The van der Waals surface area contributed by atoms with Crippen LogP contribution in [-0.2, 0) is 19.4 Å². The topological polar surface area (TPSA) is 53.7 Å². The molecule has 3 rings (SSSR count). The maximum absolute atomic E-state index is 5.31. The predicted molar refractivity (Wildman–Crippen MR) is 104 cm³/mol. The van der Waals surface area contributed by atoms with Crippen molar-refractivity contribution in [3.63, 3.8) is 0 Å². The molecule has 0 bridgehead atoms. The first-order chi connectivity index (χ1) is 10.8. The maximum Gasteiger partial charge on any atom is 0.198 e. The molecule has 0 unspecified atom stereocenters. The first-order valence-electron chi connectivity index (χ1n) is 7.90. The van der Waals surface area contributed by atoms with Crippen molar-refractivity contribution in [3.8, 4) is 0 Å². The van der Waals surface area contributed by atoms with Gasteiger partial charge in [-0.05, 0) is 31.4 Å². The lowest BCUT2D eigenvalue weighted by Crippen LogP contribution is -2.40. The Labute approximate surface area is 154 Å². The Kier molecular flexibility index (Phi) is 6.44. The molecule has 0 spiro atoms. The molecule has 6 heteroatoms. The Balaban J connectivity index is 0.00000192. The zero-order valence-corrected chi connectivity index (χ0v) is 15.9. The fourth-order valence-corrected chi connectivity index (χ4v) is 2.70. The number of hydrogen-bond acceptors (Lipinski definition) is 3. The number of fused-ring (bicyclic) bond motifs is 1. The minimum Gasteiger partial charge on any atom is -0.359 e. The van der Waals surface area contributed by atoms with Gasteiger partial charge in [-0.3, -0.25) is 0 Å². The second-order valence-corrected chi connectivity index (χ2v) is 5.34. The zero-order valence-electron chi connectivity index (χ0n) is 13.6. The molecule has 23 heavy (non-hydrogen) atoms. The summed E-state index contributed by atoms with van der Waals surface area (Å²) in [4.78, 5) is 6.96. The highest BCUT2D eigenvalue weighted by molar-refractivity contribution is 14.0. The third-order valence-electron chi connectivity index (χ3n) is 3.83. The fourth-order valence-electron chi connectivity index (χ4n) is 2.70. The average Bonchev–Trinajstić information content (AvgIpc) is 3.18. The minimum absolute atomic E-state index is 0. The summed E-state index contributed by atoms with van der Waals surface area (Å²) < 4.78 is 5.31. The number of nitrogens with one attached hydrogen (secondary N) is 1. The van der Waals surface area contributed by atoms with Crippen LogP contribution in [0.1, 0.15) is 30.9 Å². The standard InChI is InChI=1S/C17H22N4O.HI/c1-3-14-11-15(22-20-14)12-19-17(18-4-2)21-10-9-13-7-5-6-8-16(13)21;/h5-8,11H,3-4,9-10,12H2,1-2H3,(H,18,19);1H. The van der Waals surface area contributed by atoms with Crippen LogP contribution in [0.4, 0.5) is 5.69 Å². The number of para-hydroxylation sites is 1. The summed E-state index contributed by atoms with van der Waals surface area (Å²) in [6, 6.07) is 10.5. The summed E-state index contributed by atoms with van der Waals surface area (Å²) in [5.41, 5.74) is 3.59. The number of aryl methyl sites for hydroxylation is 1. The highest BCUT2D eigenvalue weighted by atomic mass is 127. The van der Waals surface area contributed by atoms with E-state index in [1.165, 1.54) is 11.3 Å². The molecule has 0 atom stereocenters. The van der Waals surface area contributed by atoms with Crippen molar-refractivity contribution >= 4 is 35.6 Å². The number of hydrogen-bond donors (Lipinski definition) is 1. The monoisotopic (exact) mass is 426 g/mol. The van der Waals surface area contributed by atoms with Gasteiger partial charge in [-0.25, -0.2) is 4.99 Å². The van der Waals surface area contributed by atoms with Gasteiger partial charge >= 0.3 is 0 Å². The molecule has 0 radical (unpaired) electrons. The highest BCUT2D eigenvalue weighted by Gasteiger charge is 2.22. The van der Waals surface area contributed by atoms with Gasteiger partial charge in [0, 0.05) is 24.8 Å². The molecule has 0 saturated carbocycles. The van der Waals surface area contributed by atoms with Gasteiger partial charge in [-0.1, -0.05) is 30.3 Å². The number of aromatic nitrogens is 1. The van der Waals surface area contributed by atoms with Gasteiger partial charge in [-0.2, -0.15) is 0 Å². The molecule has 0 amide bonds. The summed E-state index contributed by atoms with van der Waals surface area (Å²) in [7, 11) is 0. The number of nitrogens with zero attached hydrogens (tertiary/aromatic N) is 3. The molecule has 1 aromatic carbocycles. The first kappa shape index (κ1) is 17.8. The predicted octanol–water partition coefficient (Wildman–Crippen LogP) is 3.38. The van der Waals surface area contributed by atoms with E-state index in [1.807, 2.05) is 6.07 Å². The third-order valence-corrected chi connectivity index (χ3v) is 3.83. The molecule has 0 saturated heterocycles. The van der Waals surface area contributed by atoms with Crippen LogP contribution in [0.3, 0.4) is 0 Å². The molecule has 124 valence electrons. The van der Waals surface area contributed by atoms with Gasteiger partial charge in [0.2, 0.25) is 0 Å². The summed E-state index contributed by atoms with van der Waals surface area (Å²) in [6.07, 6.45) is 1.94. The van der Waals surface area contributed by atoms with E-state index < -0.39 is 0 Å². The lowest BCUT2D eigenvalue weighted by Gasteiger charge is -2.22. The van der Waals surface area contributed by atoms with Crippen molar-refractivity contribution in [3.05, 3.63) is 47.3 Å². The molecule has 1 aliphatic rings. The van der Waals surface area contributed by atoms with Crippen LogP contribution in [0.5, 0.6) is 0 Å². The molecule has 1 N–H and O–H groups in total. The fraction of sp³-hybridized carbons (Fsp3) is 0.412. The van der Waals surface area contributed by atoms with E-state index in [2.05, 4.69) is 53.5 Å². The maximum atomic E-state index is 5.31. The van der Waals surface area contributed by atoms with Crippen LogP contribution in [0.25, 0.3) is 0 Å². The number of anilines is 1. The van der Waals surface area contributed by atoms with Crippen molar-refractivity contribution in [2.24, 2.45) is 4.99 Å². The van der Waals surface area contributed by atoms with Crippen molar-refractivity contribution in [1.82, 2.24) is 10.5 Å². The molecular weight excluding hydrogens is 403 g/mol. The van der Waals surface area contributed by atoms with Crippen LogP contribution in [-0.4, -0.2) is 24.2 Å². The molecule has 2 heterocycles. The Morgan fingerprint density at radius 1 is 1.35 bits per heavy atom. The average molecular weight is 426 g/mol. The van der Waals surface area contributed by atoms with E-state index >= 15 is 0 Å². The van der Waals surface area contributed by atoms with E-state index in [0.29, 0.717) is 6.54 Å². The van der Waals surface area contributed by atoms with Crippen LogP contribution in [0.15, 0.2) is 39.8 Å². The first-order valence-corrected chi connectivity index (χ1v) is 7.90. The van der Waals surface area contributed by atoms with Gasteiger partial charge in [0.15, 0.2) is 11.7 Å². The molecule has 0 aliphatic carbocycles. The Hall–Kier alpha value is -1.57. The van der Waals surface area contributed by atoms with Crippen molar-refractivity contribution < 1.29 is 4.52 Å². The second kappa shape index (κ2) is 8.33. The van der Waals surface area contributed by atoms with Crippen LogP contribution in [0, 0.1) is 0 Å². The zero-order chi connectivity index (χ0) is 15.4. The van der Waals surface area contributed by atoms with E-state index in [1.54, 1.807) is 0 Å². The number of guanidine groups is 1. The van der Waals surface area contributed by atoms with Crippen molar-refractivity contribution in [2.75, 3.05) is 18.0 Å². The van der Waals surface area contributed by atoms with Gasteiger partial charge in [0.05, 0.1) is 5.69 Å². The molecular formula is C17H23IN4O. The molecule has 1 aromatic heterocycles. The second-order valence-electron chi connectivity index (χ2n) is 5.34. The third kappa shape index (κ3) is 4.04. The highest BCUT2D eigenvalue weighted by Crippen LogP contribution is 2.27. The van der Waals surface area contributed by atoms with Gasteiger partial charge in [-0.15, -0.1) is 24.0 Å². The Bertz CT molecular complexity index is 668. The van der Waals surface area contributed by atoms with Gasteiger partial charge in [0.25, 0.3) is 0 Å². The van der Waals surface area contributed by atoms with Crippen molar-refractivity contribution in [1.29, 1.82) is 0 Å². The molecule has 2 aromatic rings. The van der Waals surface area contributed by atoms with E-state index in [9.17, 15) is 0 Å². The van der Waals surface area contributed by atoms with Crippen LogP contribution < -0.4 is 10.2 Å². The number of aliphatic imine (C=N–C) groups is 1. The Morgan fingerprint density at radius 2 is 2.17 bits per heavy atom. The quantitative estimate of drug-likeness (QED) is 0.463. The van der Waals surface area contributed by atoms with Crippen LogP contribution in [0.2, 0.25) is 0 Å². The van der Waals surface area contributed by atoms with Crippen LogP contribution >= 0.6 is 24.0 Å². The Morgan fingerprint density at radius 3 is 2.91 bits per heavy atom. The summed E-state index contributed by atoms with van der Waals surface area (Å²) in [5, 5.41) is 7.38. The number of rotatable bonds is 4. The van der Waals surface area contributed by atoms with E-state index in [4.69, 9.17) is 9.52 Å². The normalized spacial score (nSPS) is 13.7. The minimum atomic E-state index is 0. The molecule has 1 aliphatic heterocycles. The van der Waals surface area contributed by atoms with E-state index in [-0.39, 0.29) is 24.0 Å². The number of benzene rings is 1. The lowest BCUT2D eigenvalue weighted by atomic mass is 10.2. The van der Waals surface area contributed by atoms with Crippen molar-refractivity contribution in [2.45, 2.75) is 33.2 Å². The molecule has 0 fully saturated rings. The van der Waals surface area contributed by atoms with E-state index in [0.717, 1.165) is 43.3 Å². The summed E-state index contributed by atoms with van der Waals surface area (Å²) in [5.74, 6) is 1.71. The summed E-state index contributed by atoms with van der Waals surface area (Å²) in [6.45, 7) is 6.46. The lowest BCUT2D eigenvalue weighted by molar-refractivity contribution is 0.379. The van der Waals surface area contributed by atoms with Gasteiger partial charge in [0.1, 0.15) is 6.54 Å². The molecule has 5 nitrogen and oxygen atoms in total. The summed E-state index contributed by atoms with van der Waals surface area (Å²) >= 11 is 0. The number of halogens is 1. The smallest absolute Gasteiger partial charge is 0.198 e. The SMILES string of the molecule is CCNC(=NCc1cc(CC)no1)N1CCc2ccccc21.I. The van der Waals surface area contributed by atoms with Gasteiger partial charge < -0.3 is 14.7 Å². The largest absolute Gasteiger partial charge is 0.359 e.